The van der Waals surface area contributed by atoms with E-state index in [1.54, 1.807) is 27.8 Å². The van der Waals surface area contributed by atoms with Crippen LogP contribution < -0.4 is 4.90 Å². The van der Waals surface area contributed by atoms with Gasteiger partial charge in [0.2, 0.25) is 0 Å². The van der Waals surface area contributed by atoms with E-state index in [0.29, 0.717) is 17.1 Å². The van der Waals surface area contributed by atoms with E-state index in [1.165, 1.54) is 4.90 Å². The molecule has 1 aromatic carbocycles. The second kappa shape index (κ2) is 6.47. The number of esters is 1. The Labute approximate surface area is 129 Å². The van der Waals surface area contributed by atoms with Gasteiger partial charge in [-0.15, -0.1) is 0 Å². The maximum absolute atomic E-state index is 12.1. The summed E-state index contributed by atoms with van der Waals surface area (Å²) in [6, 6.07) is 9.17. The monoisotopic (exact) mass is 301 g/mol. The Morgan fingerprint density at radius 2 is 1.73 bits per heavy atom. The highest BCUT2D eigenvalue weighted by Crippen LogP contribution is 2.21. The van der Waals surface area contributed by atoms with E-state index in [2.05, 4.69) is 0 Å². The molecule has 0 N–H and O–H groups in total. The molecule has 0 radical (unpaired) electrons. The summed E-state index contributed by atoms with van der Waals surface area (Å²) in [7, 11) is 1.64. The molecule has 0 saturated carbocycles. The van der Waals surface area contributed by atoms with Crippen LogP contribution in [0.15, 0.2) is 34.7 Å². The number of aryl methyl sites for hydroxylation is 2. The molecule has 5 nitrogen and oxygen atoms in total. The minimum atomic E-state index is -0.540. The maximum Gasteiger partial charge on any atom is 0.342 e. The highest BCUT2D eigenvalue weighted by atomic mass is 16.5. The molecular formula is C17H19NO4. The standard InChI is InChI=1S/C17H19NO4/c1-11-12(2)22-13(3)16(11)17(20)21-10-15(19)18(4)14-8-6-5-7-9-14/h5-9H,10H2,1-4H3. The van der Waals surface area contributed by atoms with Gasteiger partial charge in [0, 0.05) is 18.3 Å². The number of likely N-dealkylation sites (N-methyl/N-ethyl adjacent to an activating group) is 1. The number of anilines is 1. The zero-order chi connectivity index (χ0) is 16.3. The molecule has 2 aromatic rings. The number of carbonyl (C=O) groups excluding carboxylic acids is 2. The van der Waals surface area contributed by atoms with Gasteiger partial charge in [0.05, 0.1) is 0 Å². The average molecular weight is 301 g/mol. The van der Waals surface area contributed by atoms with Crippen LogP contribution in [-0.2, 0) is 9.53 Å². The van der Waals surface area contributed by atoms with Crippen LogP contribution in [-0.4, -0.2) is 25.5 Å². The summed E-state index contributed by atoms with van der Waals surface area (Å²) in [5, 5.41) is 0. The molecule has 0 spiro atoms. The van der Waals surface area contributed by atoms with Crippen molar-refractivity contribution >= 4 is 17.6 Å². The van der Waals surface area contributed by atoms with E-state index in [4.69, 9.17) is 9.15 Å². The second-order valence-corrected chi connectivity index (χ2v) is 5.08. The van der Waals surface area contributed by atoms with Crippen molar-refractivity contribution in [2.24, 2.45) is 0 Å². The Hall–Kier alpha value is -2.56. The zero-order valence-electron chi connectivity index (χ0n) is 13.2. The van der Waals surface area contributed by atoms with Gasteiger partial charge in [0.25, 0.3) is 5.91 Å². The smallest absolute Gasteiger partial charge is 0.342 e. The Morgan fingerprint density at radius 3 is 2.27 bits per heavy atom. The molecular weight excluding hydrogens is 282 g/mol. The SMILES string of the molecule is Cc1oc(C)c(C(=O)OCC(=O)N(C)c2ccccc2)c1C. The van der Waals surface area contributed by atoms with Gasteiger partial charge in [-0.3, -0.25) is 4.79 Å². The van der Waals surface area contributed by atoms with Crippen molar-refractivity contribution in [2.45, 2.75) is 20.8 Å². The van der Waals surface area contributed by atoms with Gasteiger partial charge in [-0.25, -0.2) is 4.79 Å². The molecule has 0 unspecified atom stereocenters. The Balaban J connectivity index is 2.01. The lowest BCUT2D eigenvalue weighted by atomic mass is 10.1. The Bertz CT molecular complexity index is 688. The Kier molecular flexibility index (Phi) is 4.65. The van der Waals surface area contributed by atoms with Gasteiger partial charge in [-0.2, -0.15) is 0 Å². The van der Waals surface area contributed by atoms with Crippen LogP contribution in [0, 0.1) is 20.8 Å². The predicted molar refractivity (Wildman–Crippen MR) is 83.1 cm³/mol. The van der Waals surface area contributed by atoms with Gasteiger partial charge < -0.3 is 14.1 Å². The topological polar surface area (TPSA) is 59.8 Å². The van der Waals surface area contributed by atoms with Crippen LogP contribution in [0.3, 0.4) is 0 Å². The van der Waals surface area contributed by atoms with Crippen molar-refractivity contribution < 1.29 is 18.7 Å². The molecule has 0 saturated heterocycles. The molecule has 0 atom stereocenters. The fourth-order valence-electron chi connectivity index (χ4n) is 2.19. The average Bonchev–Trinajstić information content (AvgIpc) is 2.77. The fraction of sp³-hybridized carbons (Fsp3) is 0.294. The predicted octanol–water partition coefficient (Wildman–Crippen LogP) is 3.02. The summed E-state index contributed by atoms with van der Waals surface area (Å²) in [6.07, 6.45) is 0. The lowest BCUT2D eigenvalue weighted by molar-refractivity contribution is -0.121. The normalized spacial score (nSPS) is 10.4. The van der Waals surface area contributed by atoms with Crippen LogP contribution >= 0.6 is 0 Å². The number of amides is 1. The van der Waals surface area contributed by atoms with Crippen LogP contribution in [0.25, 0.3) is 0 Å². The first kappa shape index (κ1) is 15.8. The van der Waals surface area contributed by atoms with E-state index in [0.717, 1.165) is 11.3 Å². The lowest BCUT2D eigenvalue weighted by Gasteiger charge is -2.17. The minimum Gasteiger partial charge on any atom is -0.465 e. The first-order chi connectivity index (χ1) is 10.4. The summed E-state index contributed by atoms with van der Waals surface area (Å²) in [5.74, 6) is 0.345. The quantitative estimate of drug-likeness (QED) is 0.814. The molecule has 5 heteroatoms. The summed E-state index contributed by atoms with van der Waals surface area (Å²) < 4.78 is 10.5. The van der Waals surface area contributed by atoms with Crippen molar-refractivity contribution in [3.63, 3.8) is 0 Å². The molecule has 0 aliphatic rings. The van der Waals surface area contributed by atoms with Crippen LogP contribution in [0.2, 0.25) is 0 Å². The van der Waals surface area contributed by atoms with Gasteiger partial charge in [-0.05, 0) is 32.9 Å². The van der Waals surface area contributed by atoms with Gasteiger partial charge in [0.1, 0.15) is 17.1 Å². The zero-order valence-corrected chi connectivity index (χ0v) is 13.2. The van der Waals surface area contributed by atoms with E-state index >= 15 is 0 Å². The lowest BCUT2D eigenvalue weighted by Crippen LogP contribution is -2.31. The largest absolute Gasteiger partial charge is 0.465 e. The second-order valence-electron chi connectivity index (χ2n) is 5.08. The molecule has 0 aliphatic heterocycles. The molecule has 116 valence electrons. The van der Waals surface area contributed by atoms with Crippen molar-refractivity contribution in [2.75, 3.05) is 18.6 Å². The summed E-state index contributed by atoms with van der Waals surface area (Å²) >= 11 is 0. The minimum absolute atomic E-state index is 0.296. The summed E-state index contributed by atoms with van der Waals surface area (Å²) in [6.45, 7) is 4.97. The molecule has 22 heavy (non-hydrogen) atoms. The van der Waals surface area contributed by atoms with Crippen LogP contribution in [0.1, 0.15) is 27.4 Å². The van der Waals surface area contributed by atoms with Gasteiger partial charge >= 0.3 is 5.97 Å². The highest BCUT2D eigenvalue weighted by Gasteiger charge is 2.21. The number of hydrogen-bond acceptors (Lipinski definition) is 4. The molecule has 2 rings (SSSR count). The number of furan rings is 1. The third-order valence-electron chi connectivity index (χ3n) is 3.61. The molecule has 0 bridgehead atoms. The molecule has 0 fully saturated rings. The number of carbonyl (C=O) groups is 2. The number of hydrogen-bond donors (Lipinski definition) is 0. The van der Waals surface area contributed by atoms with Crippen LogP contribution in [0.4, 0.5) is 5.69 Å². The van der Waals surface area contributed by atoms with Crippen molar-refractivity contribution in [3.8, 4) is 0 Å². The number of benzene rings is 1. The molecule has 1 heterocycles. The van der Waals surface area contributed by atoms with E-state index < -0.39 is 5.97 Å². The van der Waals surface area contributed by atoms with Crippen molar-refractivity contribution in [3.05, 3.63) is 53.0 Å². The van der Waals surface area contributed by atoms with E-state index in [1.807, 2.05) is 30.3 Å². The first-order valence-corrected chi connectivity index (χ1v) is 6.97. The van der Waals surface area contributed by atoms with Gasteiger partial charge in [0.15, 0.2) is 6.61 Å². The Morgan fingerprint density at radius 1 is 1.09 bits per heavy atom. The van der Waals surface area contributed by atoms with Crippen LogP contribution in [0.5, 0.6) is 0 Å². The molecule has 1 aromatic heterocycles. The summed E-state index contributed by atoms with van der Waals surface area (Å²) in [5.41, 5.74) is 1.88. The third-order valence-corrected chi connectivity index (χ3v) is 3.61. The number of nitrogens with zero attached hydrogens (tertiary/aromatic N) is 1. The summed E-state index contributed by atoms with van der Waals surface area (Å²) in [4.78, 5) is 25.6. The molecule has 0 aliphatic carbocycles. The number of ether oxygens (including phenoxy) is 1. The first-order valence-electron chi connectivity index (χ1n) is 6.97. The van der Waals surface area contributed by atoms with Gasteiger partial charge in [-0.1, -0.05) is 18.2 Å². The third kappa shape index (κ3) is 3.19. The maximum atomic E-state index is 12.1. The number of rotatable bonds is 4. The van der Waals surface area contributed by atoms with E-state index in [-0.39, 0.29) is 12.5 Å². The van der Waals surface area contributed by atoms with Crippen molar-refractivity contribution in [1.29, 1.82) is 0 Å². The fourth-order valence-corrected chi connectivity index (χ4v) is 2.19. The van der Waals surface area contributed by atoms with Crippen molar-refractivity contribution in [1.82, 2.24) is 0 Å². The highest BCUT2D eigenvalue weighted by molar-refractivity contribution is 5.97. The van der Waals surface area contributed by atoms with E-state index in [9.17, 15) is 9.59 Å². The molecule has 1 amide bonds. The number of para-hydroxylation sites is 1.